The minimum absolute atomic E-state index is 0.00894. The smallest absolute Gasteiger partial charge is 0.416 e. The van der Waals surface area contributed by atoms with Gasteiger partial charge in [0.25, 0.3) is 0 Å². The molecule has 1 amide bonds. The second-order valence-corrected chi connectivity index (χ2v) is 19.0. The van der Waals surface area contributed by atoms with Crippen molar-refractivity contribution in [2.75, 3.05) is 50.0 Å². The second kappa shape index (κ2) is 17.9. The van der Waals surface area contributed by atoms with Crippen molar-refractivity contribution in [3.05, 3.63) is 106 Å². The molecule has 0 N–H and O–H groups in total. The third-order valence-electron chi connectivity index (χ3n) is 11.1. The lowest BCUT2D eigenvalue weighted by molar-refractivity contribution is -0.137. The maximum absolute atomic E-state index is 16.6. The van der Waals surface area contributed by atoms with E-state index in [2.05, 4.69) is 9.97 Å². The van der Waals surface area contributed by atoms with Gasteiger partial charge in [-0.2, -0.15) is 29.1 Å². The summed E-state index contributed by atoms with van der Waals surface area (Å²) in [7, 11) is 2.26. The van der Waals surface area contributed by atoms with Crippen molar-refractivity contribution in [1.82, 2.24) is 19.4 Å². The number of hydrogen-bond acceptors (Lipinski definition) is 10. The van der Waals surface area contributed by atoms with Crippen LogP contribution in [-0.2, 0) is 35.3 Å². The topological polar surface area (TPSA) is 111 Å². The third-order valence-corrected chi connectivity index (χ3v) is 13.6. The second-order valence-electron chi connectivity index (χ2n) is 16.8. The molecule has 2 aliphatic heterocycles. The van der Waals surface area contributed by atoms with Crippen LogP contribution in [-0.4, -0.2) is 89.5 Å². The first kappa shape index (κ1) is 45.4. The number of aromatic nitrogens is 3. The fraction of sp³-hybridized carbons (Fsp3) is 0.422. The lowest BCUT2D eigenvalue weighted by Gasteiger charge is -2.45. The number of ether oxygens (including phenoxy) is 4. The zero-order valence-corrected chi connectivity index (χ0v) is 37.2. The number of anilines is 2. The van der Waals surface area contributed by atoms with Crippen molar-refractivity contribution in [3.8, 4) is 11.5 Å². The number of thiol groups is 1. The van der Waals surface area contributed by atoms with Crippen LogP contribution in [0.1, 0.15) is 51.3 Å². The highest BCUT2D eigenvalue weighted by atomic mass is 32.2. The summed E-state index contributed by atoms with van der Waals surface area (Å²) in [5, 5.41) is -0.247. The Bertz CT molecular complexity index is 2470. The molecule has 1 saturated heterocycles. The molecule has 0 aliphatic carbocycles. The lowest BCUT2D eigenvalue weighted by Crippen LogP contribution is -2.59. The largest absolute Gasteiger partial charge is 0.497 e. The zero-order chi connectivity index (χ0) is 45.5. The van der Waals surface area contributed by atoms with Gasteiger partial charge in [0.05, 0.1) is 50.0 Å². The maximum Gasteiger partial charge on any atom is 0.416 e. The molecule has 63 heavy (non-hydrogen) atoms. The SMILES string of the molecule is COc1ccc(CN(Cc2ccc(OC)cc2)c2nc([SH]3C[C@@H](OC)Cn4c(=O)nc(N5C[C@@H](C)N(C(=O)OC(C)(C)C)[C@@H](C)C5)c5cc(C(F)(F)F)cc3c54)c(F)cc2F)cc1. The molecule has 1 fully saturated rings. The molecule has 18 heteroatoms. The van der Waals surface area contributed by atoms with Gasteiger partial charge in [0.15, 0.2) is 17.5 Å². The van der Waals surface area contributed by atoms with Gasteiger partial charge in [0.2, 0.25) is 0 Å². The Morgan fingerprint density at radius 3 is 1.90 bits per heavy atom. The molecule has 0 saturated carbocycles. The zero-order valence-electron chi connectivity index (χ0n) is 36.3. The van der Waals surface area contributed by atoms with Gasteiger partial charge < -0.3 is 28.7 Å². The van der Waals surface area contributed by atoms with Gasteiger partial charge in [-0.05, 0) is 82.1 Å². The summed E-state index contributed by atoms with van der Waals surface area (Å²) in [5.41, 5.74) is -0.933. The van der Waals surface area contributed by atoms with E-state index in [1.807, 2.05) is 0 Å². The van der Waals surface area contributed by atoms with Crippen LogP contribution < -0.4 is 25.0 Å². The van der Waals surface area contributed by atoms with Crippen LogP contribution >= 0.6 is 10.9 Å². The molecular formula is C45H51F5N6O6S. The number of carbonyl (C=O) groups is 1. The van der Waals surface area contributed by atoms with Gasteiger partial charge >= 0.3 is 18.0 Å². The van der Waals surface area contributed by atoms with E-state index in [-0.39, 0.29) is 70.9 Å². The summed E-state index contributed by atoms with van der Waals surface area (Å²) in [6, 6.07) is 15.9. The number of halogens is 5. The molecule has 2 aromatic heterocycles. The van der Waals surface area contributed by atoms with Gasteiger partial charge in [-0.3, -0.25) is 9.47 Å². The molecule has 12 nitrogen and oxygen atoms in total. The minimum atomic E-state index is -4.87. The molecule has 0 spiro atoms. The number of hydrogen-bond donors (Lipinski definition) is 1. The molecule has 5 aromatic rings. The van der Waals surface area contributed by atoms with E-state index in [4.69, 9.17) is 18.9 Å². The van der Waals surface area contributed by atoms with Crippen molar-refractivity contribution < 1.29 is 45.7 Å². The number of benzene rings is 3. The maximum atomic E-state index is 16.6. The van der Waals surface area contributed by atoms with Crippen molar-refractivity contribution in [2.24, 2.45) is 0 Å². The van der Waals surface area contributed by atoms with Crippen LogP contribution in [0.2, 0.25) is 0 Å². The predicted octanol–water partition coefficient (Wildman–Crippen LogP) is 8.59. The molecule has 3 aromatic carbocycles. The first-order valence-electron chi connectivity index (χ1n) is 20.4. The molecule has 4 heterocycles. The number of nitrogens with zero attached hydrogens (tertiary/aromatic N) is 6. The van der Waals surface area contributed by atoms with E-state index in [0.29, 0.717) is 17.6 Å². The molecule has 338 valence electrons. The van der Waals surface area contributed by atoms with Crippen molar-refractivity contribution in [2.45, 2.75) is 94.1 Å². The lowest BCUT2D eigenvalue weighted by atomic mass is 10.1. The monoisotopic (exact) mass is 898 g/mol. The summed E-state index contributed by atoms with van der Waals surface area (Å²) < 4.78 is 101. The van der Waals surface area contributed by atoms with Crippen molar-refractivity contribution in [1.29, 1.82) is 0 Å². The molecule has 2 aliphatic rings. The number of methoxy groups -OCH3 is 3. The Morgan fingerprint density at radius 1 is 0.825 bits per heavy atom. The predicted molar refractivity (Wildman–Crippen MR) is 231 cm³/mol. The number of rotatable bonds is 10. The highest BCUT2D eigenvalue weighted by molar-refractivity contribution is 8.17. The van der Waals surface area contributed by atoms with Crippen LogP contribution in [0.5, 0.6) is 11.5 Å². The Morgan fingerprint density at radius 2 is 1.40 bits per heavy atom. The van der Waals surface area contributed by atoms with E-state index in [1.54, 1.807) is 97.8 Å². The quantitative estimate of drug-likeness (QED) is 0.108. The Labute approximate surface area is 364 Å². The first-order valence-corrected chi connectivity index (χ1v) is 21.9. The Kier molecular flexibility index (Phi) is 12.9. The Balaban J connectivity index is 1.39. The minimum Gasteiger partial charge on any atom is -0.497 e. The normalized spacial score (nSPS) is 19.8. The molecule has 0 bridgehead atoms. The van der Waals surface area contributed by atoms with Gasteiger partial charge in [-0.1, -0.05) is 24.3 Å². The van der Waals surface area contributed by atoms with Crippen LogP contribution in [0.15, 0.2) is 81.4 Å². The van der Waals surface area contributed by atoms with E-state index < -0.39 is 69.8 Å². The van der Waals surface area contributed by atoms with Gasteiger partial charge in [-0.15, -0.1) is 0 Å². The Hall–Kier alpha value is -5.62. The molecule has 1 unspecified atom stereocenters. The van der Waals surface area contributed by atoms with Crippen LogP contribution in [0.4, 0.5) is 38.4 Å². The highest BCUT2D eigenvalue weighted by Gasteiger charge is 2.40. The first-order chi connectivity index (χ1) is 29.8. The van der Waals surface area contributed by atoms with Crippen LogP contribution in [0.25, 0.3) is 10.9 Å². The number of pyridine rings is 1. The fourth-order valence-electron chi connectivity index (χ4n) is 8.21. The average molecular weight is 899 g/mol. The van der Waals surface area contributed by atoms with E-state index >= 15 is 22.0 Å². The van der Waals surface area contributed by atoms with Gasteiger partial charge in [0.1, 0.15) is 27.9 Å². The molecule has 0 radical (unpaired) electrons. The third kappa shape index (κ3) is 9.66. The number of carbonyl (C=O) groups excluding carboxylic acids is 1. The van der Waals surface area contributed by atoms with Gasteiger partial charge in [-0.25, -0.2) is 23.4 Å². The average Bonchev–Trinajstić information content (AvgIpc) is 3.39. The number of piperazine rings is 1. The van der Waals surface area contributed by atoms with Crippen LogP contribution in [0.3, 0.4) is 0 Å². The molecule has 7 rings (SSSR count). The van der Waals surface area contributed by atoms with Gasteiger partial charge in [0, 0.05) is 55.4 Å². The van der Waals surface area contributed by atoms with Crippen molar-refractivity contribution >= 4 is 39.5 Å². The van der Waals surface area contributed by atoms with E-state index in [1.165, 1.54) is 25.9 Å². The summed E-state index contributed by atoms with van der Waals surface area (Å²) in [6.45, 7) is 9.18. The fourth-order valence-corrected chi connectivity index (χ4v) is 10.8. The van der Waals surface area contributed by atoms with Crippen LogP contribution in [0, 0.1) is 11.6 Å². The standard InChI is InChI=1S/C45H51F5N6O6S/c1-26-20-53(21-27(2)56(26)43(58)62-44(3,4)5)39-34-17-30(45(48,49)50)18-37-38(34)55(42(57)52-39)24-33(61-8)25-63(37)41-36(47)19-35(46)40(51-41)54(22-28-9-13-31(59-6)14-10-28)23-29-11-15-32(60-7)16-12-29/h9-19,26-27,33,63H,20-25H2,1-8H3/t26-,27+,33-/m0/s1. The summed E-state index contributed by atoms with van der Waals surface area (Å²) in [6.07, 6.45) is -6.22. The highest BCUT2D eigenvalue weighted by Crippen LogP contribution is 2.53. The van der Waals surface area contributed by atoms with E-state index in [9.17, 15) is 9.59 Å². The van der Waals surface area contributed by atoms with Crippen molar-refractivity contribution in [3.63, 3.8) is 0 Å². The molecular weight excluding hydrogens is 848 g/mol. The number of amides is 1. The van der Waals surface area contributed by atoms with E-state index in [0.717, 1.165) is 23.3 Å². The molecule has 4 atom stereocenters. The number of alkyl halides is 3. The summed E-state index contributed by atoms with van der Waals surface area (Å²) in [4.78, 5) is 41.4. The summed E-state index contributed by atoms with van der Waals surface area (Å²) >= 11 is 0. The summed E-state index contributed by atoms with van der Waals surface area (Å²) in [5.74, 6) is -1.09.